The van der Waals surface area contributed by atoms with E-state index < -0.39 is 0 Å². The predicted molar refractivity (Wildman–Crippen MR) is 68.6 cm³/mol. The predicted octanol–water partition coefficient (Wildman–Crippen LogP) is 4.67. The number of benzene rings is 1. The van der Waals surface area contributed by atoms with Gasteiger partial charge in [-0.1, -0.05) is 0 Å². The highest BCUT2D eigenvalue weighted by Crippen LogP contribution is 2.39. The molecule has 0 bridgehead atoms. The van der Waals surface area contributed by atoms with Crippen molar-refractivity contribution in [2.45, 2.75) is 9.79 Å². The molecule has 0 unspecified atom stereocenters. The lowest BCUT2D eigenvalue weighted by molar-refractivity contribution is 1.50. The zero-order chi connectivity index (χ0) is 9.42. The first-order valence-corrected chi connectivity index (χ1v) is 6.95. The van der Waals surface area contributed by atoms with Crippen molar-refractivity contribution in [1.29, 1.82) is 0 Å². The SMILES string of the molecule is CSc1ccc2sc(Br)c(S)c2c1. The minimum absolute atomic E-state index is 1.05. The second kappa shape index (κ2) is 3.85. The molecule has 1 aromatic carbocycles. The molecule has 0 aliphatic carbocycles. The Balaban J connectivity index is 2.75. The third-order valence-electron chi connectivity index (χ3n) is 1.83. The van der Waals surface area contributed by atoms with Crippen LogP contribution < -0.4 is 0 Å². The first-order valence-electron chi connectivity index (χ1n) is 3.67. The van der Waals surface area contributed by atoms with Crippen molar-refractivity contribution in [3.8, 4) is 0 Å². The van der Waals surface area contributed by atoms with Gasteiger partial charge in [-0.3, -0.25) is 0 Å². The third kappa shape index (κ3) is 1.77. The summed E-state index contributed by atoms with van der Waals surface area (Å²) in [5.74, 6) is 0. The molecule has 0 amide bonds. The lowest BCUT2D eigenvalue weighted by Gasteiger charge is -1.95. The highest BCUT2D eigenvalue weighted by atomic mass is 79.9. The Hall–Kier alpha value is 0.360. The van der Waals surface area contributed by atoms with E-state index >= 15 is 0 Å². The Bertz CT molecular complexity index is 447. The maximum Gasteiger partial charge on any atom is 0.0844 e. The van der Waals surface area contributed by atoms with Crippen molar-refractivity contribution in [2.75, 3.05) is 6.26 Å². The summed E-state index contributed by atoms with van der Waals surface area (Å²) in [6.45, 7) is 0. The molecule has 1 heterocycles. The van der Waals surface area contributed by atoms with Gasteiger partial charge in [0, 0.05) is 19.9 Å². The van der Waals surface area contributed by atoms with Crippen LogP contribution in [0.15, 0.2) is 31.8 Å². The molecule has 2 rings (SSSR count). The molecular formula is C9H7BrS3. The largest absolute Gasteiger partial charge is 0.141 e. The molecule has 0 atom stereocenters. The Morgan fingerprint density at radius 2 is 2.23 bits per heavy atom. The van der Waals surface area contributed by atoms with Crippen LogP contribution in [0.5, 0.6) is 0 Å². The molecule has 2 aromatic rings. The van der Waals surface area contributed by atoms with Crippen LogP contribution in [0, 0.1) is 0 Å². The monoisotopic (exact) mass is 290 g/mol. The molecule has 0 radical (unpaired) electrons. The number of fused-ring (bicyclic) bond motifs is 1. The van der Waals surface area contributed by atoms with Crippen LogP contribution in [0.3, 0.4) is 0 Å². The maximum absolute atomic E-state index is 4.46. The number of hydrogen-bond acceptors (Lipinski definition) is 3. The smallest absolute Gasteiger partial charge is 0.0844 e. The summed E-state index contributed by atoms with van der Waals surface area (Å²) in [7, 11) is 0. The van der Waals surface area contributed by atoms with Crippen LogP contribution in [0.25, 0.3) is 10.1 Å². The van der Waals surface area contributed by atoms with Crippen LogP contribution in [0.2, 0.25) is 0 Å². The van der Waals surface area contributed by atoms with E-state index in [1.54, 1.807) is 23.1 Å². The molecule has 4 heteroatoms. The van der Waals surface area contributed by atoms with Gasteiger partial charge in [0.1, 0.15) is 0 Å². The standard InChI is InChI=1S/C9H7BrS3/c1-12-5-2-3-7-6(4-5)8(11)9(10)13-7/h2-4,11H,1H3. The van der Waals surface area contributed by atoms with Crippen molar-refractivity contribution in [2.24, 2.45) is 0 Å². The Labute approximate surface area is 99.3 Å². The number of rotatable bonds is 1. The van der Waals surface area contributed by atoms with E-state index in [1.165, 1.54) is 15.0 Å². The van der Waals surface area contributed by atoms with Crippen LogP contribution >= 0.6 is 51.7 Å². The lowest BCUT2D eigenvalue weighted by Crippen LogP contribution is -1.69. The number of thiophene rings is 1. The van der Waals surface area contributed by atoms with Gasteiger partial charge in [-0.2, -0.15) is 0 Å². The van der Waals surface area contributed by atoms with E-state index in [1.807, 2.05) is 0 Å². The van der Waals surface area contributed by atoms with E-state index in [0.29, 0.717) is 0 Å². The highest BCUT2D eigenvalue weighted by molar-refractivity contribution is 9.11. The number of halogens is 1. The van der Waals surface area contributed by atoms with Gasteiger partial charge in [-0.25, -0.2) is 0 Å². The maximum atomic E-state index is 4.46. The Morgan fingerprint density at radius 1 is 1.46 bits per heavy atom. The quantitative estimate of drug-likeness (QED) is 0.588. The van der Waals surface area contributed by atoms with Crippen molar-refractivity contribution in [3.63, 3.8) is 0 Å². The fourth-order valence-corrected chi connectivity index (χ4v) is 3.54. The van der Waals surface area contributed by atoms with E-state index in [2.05, 4.69) is 53.0 Å². The molecule has 0 aliphatic heterocycles. The lowest BCUT2D eigenvalue weighted by atomic mass is 10.3. The zero-order valence-corrected chi connectivity index (χ0v) is 11.0. The highest BCUT2D eigenvalue weighted by Gasteiger charge is 2.06. The molecule has 0 aliphatic rings. The van der Waals surface area contributed by atoms with Crippen LogP contribution in [-0.2, 0) is 0 Å². The molecular weight excluding hydrogens is 284 g/mol. The number of thiol groups is 1. The van der Waals surface area contributed by atoms with E-state index in [0.717, 1.165) is 8.68 Å². The first-order chi connectivity index (χ1) is 6.22. The van der Waals surface area contributed by atoms with Gasteiger partial charge >= 0.3 is 0 Å². The van der Waals surface area contributed by atoms with Crippen molar-refractivity contribution < 1.29 is 0 Å². The fraction of sp³-hybridized carbons (Fsp3) is 0.111. The summed E-state index contributed by atoms with van der Waals surface area (Å²) >= 11 is 11.4. The molecule has 0 N–H and O–H groups in total. The van der Waals surface area contributed by atoms with Crippen LogP contribution in [0.4, 0.5) is 0 Å². The van der Waals surface area contributed by atoms with E-state index in [4.69, 9.17) is 0 Å². The molecule has 0 saturated heterocycles. The number of hydrogen-bond donors (Lipinski definition) is 1. The first kappa shape index (κ1) is 9.90. The molecule has 0 fully saturated rings. The van der Waals surface area contributed by atoms with Gasteiger partial charge in [-0.15, -0.1) is 35.7 Å². The molecule has 0 spiro atoms. The molecule has 0 nitrogen and oxygen atoms in total. The summed E-state index contributed by atoms with van der Waals surface area (Å²) in [5.41, 5.74) is 0. The zero-order valence-electron chi connectivity index (χ0n) is 6.87. The normalized spacial score (nSPS) is 11.0. The van der Waals surface area contributed by atoms with Crippen molar-refractivity contribution in [3.05, 3.63) is 22.0 Å². The summed E-state index contributed by atoms with van der Waals surface area (Å²) in [6, 6.07) is 6.48. The summed E-state index contributed by atoms with van der Waals surface area (Å²) < 4.78 is 2.40. The van der Waals surface area contributed by atoms with Gasteiger partial charge in [0.05, 0.1) is 3.79 Å². The average molecular weight is 291 g/mol. The topological polar surface area (TPSA) is 0 Å². The van der Waals surface area contributed by atoms with Gasteiger partial charge in [0.15, 0.2) is 0 Å². The van der Waals surface area contributed by atoms with Gasteiger partial charge in [-0.05, 0) is 40.4 Å². The Kier molecular flexibility index (Phi) is 2.93. The second-order valence-electron chi connectivity index (χ2n) is 2.59. The van der Waals surface area contributed by atoms with Crippen LogP contribution in [0.1, 0.15) is 0 Å². The van der Waals surface area contributed by atoms with E-state index in [-0.39, 0.29) is 0 Å². The van der Waals surface area contributed by atoms with E-state index in [9.17, 15) is 0 Å². The molecule has 68 valence electrons. The molecule has 0 saturated carbocycles. The van der Waals surface area contributed by atoms with Crippen LogP contribution in [-0.4, -0.2) is 6.26 Å². The third-order valence-corrected chi connectivity index (χ3v) is 5.32. The summed E-state index contributed by atoms with van der Waals surface area (Å²) in [5, 5.41) is 1.24. The number of thioether (sulfide) groups is 1. The molecule has 13 heavy (non-hydrogen) atoms. The Morgan fingerprint density at radius 3 is 2.92 bits per heavy atom. The van der Waals surface area contributed by atoms with Gasteiger partial charge < -0.3 is 0 Å². The second-order valence-corrected chi connectivity index (χ2v) is 6.28. The fourth-order valence-electron chi connectivity index (χ4n) is 1.16. The van der Waals surface area contributed by atoms with Gasteiger partial charge in [0.25, 0.3) is 0 Å². The van der Waals surface area contributed by atoms with Crippen molar-refractivity contribution in [1.82, 2.24) is 0 Å². The summed E-state index contributed by atoms with van der Waals surface area (Å²) in [6.07, 6.45) is 2.08. The minimum atomic E-state index is 1.05. The van der Waals surface area contributed by atoms with Crippen molar-refractivity contribution >= 4 is 61.7 Å². The minimum Gasteiger partial charge on any atom is -0.141 e. The average Bonchev–Trinajstić information content (AvgIpc) is 2.43. The molecule has 1 aromatic heterocycles. The van der Waals surface area contributed by atoms with Gasteiger partial charge in [0.2, 0.25) is 0 Å². The summed E-state index contributed by atoms with van der Waals surface area (Å²) in [4.78, 5) is 2.34.